The summed E-state index contributed by atoms with van der Waals surface area (Å²) < 4.78 is 29.3. The summed E-state index contributed by atoms with van der Waals surface area (Å²) in [5.41, 5.74) is -0.889. The summed E-state index contributed by atoms with van der Waals surface area (Å²) in [6, 6.07) is 10.6. The van der Waals surface area contributed by atoms with E-state index in [0.29, 0.717) is 12.1 Å². The predicted octanol–water partition coefficient (Wildman–Crippen LogP) is 1.27. The highest BCUT2D eigenvalue weighted by Crippen LogP contribution is 2.30. The third-order valence-electron chi connectivity index (χ3n) is 5.46. The number of carbonyl (C=O) groups is 3. The SMILES string of the molecule is C[C@]1(c2ccco2)NC(=O)N(CC(=O)N(c2ccccc2)[C@@H]2CCS(=O)(=O)C2)C1=O. The van der Waals surface area contributed by atoms with Crippen LogP contribution in [0.2, 0.25) is 0 Å². The standard InChI is InChI=1S/C20H21N3O6S/c1-20(16-8-5-10-29-16)18(25)22(19(26)21-20)12-17(24)23(14-6-3-2-4-7-14)15-9-11-30(27,28)13-15/h2-8,10,15H,9,11-13H2,1H3,(H,21,26)/t15-,20-/m1/s1. The first kappa shape index (κ1) is 20.1. The molecule has 2 atom stereocenters. The van der Waals surface area contributed by atoms with Gasteiger partial charge in [0.2, 0.25) is 5.91 Å². The number of rotatable bonds is 5. The number of hydrogen-bond donors (Lipinski definition) is 1. The quantitative estimate of drug-likeness (QED) is 0.713. The maximum absolute atomic E-state index is 13.2. The van der Waals surface area contributed by atoms with Crippen molar-refractivity contribution in [2.75, 3.05) is 23.0 Å². The molecule has 0 radical (unpaired) electrons. The van der Waals surface area contributed by atoms with Crippen LogP contribution in [0.5, 0.6) is 0 Å². The first-order valence-electron chi connectivity index (χ1n) is 9.47. The molecule has 0 spiro atoms. The lowest BCUT2D eigenvalue weighted by Crippen LogP contribution is -2.48. The van der Waals surface area contributed by atoms with E-state index in [4.69, 9.17) is 4.42 Å². The van der Waals surface area contributed by atoms with Gasteiger partial charge in [0.05, 0.1) is 23.8 Å². The van der Waals surface area contributed by atoms with Crippen LogP contribution in [-0.4, -0.2) is 55.3 Å². The normalized spacial score (nSPS) is 25.4. The zero-order chi connectivity index (χ0) is 21.5. The van der Waals surface area contributed by atoms with Gasteiger partial charge >= 0.3 is 6.03 Å². The second kappa shape index (κ2) is 7.28. The van der Waals surface area contributed by atoms with Crippen molar-refractivity contribution < 1.29 is 27.2 Å². The molecule has 9 nitrogen and oxygen atoms in total. The Morgan fingerprint density at radius 3 is 2.57 bits per heavy atom. The molecule has 0 aliphatic carbocycles. The summed E-state index contributed by atoms with van der Waals surface area (Å²) in [6.07, 6.45) is 1.69. The van der Waals surface area contributed by atoms with E-state index in [1.165, 1.54) is 18.1 Å². The number of hydrogen-bond acceptors (Lipinski definition) is 6. The Bertz CT molecular complexity index is 1080. The minimum absolute atomic E-state index is 0.00598. The summed E-state index contributed by atoms with van der Waals surface area (Å²) in [7, 11) is -3.25. The molecule has 0 unspecified atom stereocenters. The molecule has 2 fully saturated rings. The van der Waals surface area contributed by atoms with Gasteiger partial charge in [0.1, 0.15) is 12.3 Å². The largest absolute Gasteiger partial charge is 0.466 e. The summed E-state index contributed by atoms with van der Waals surface area (Å²) in [5.74, 6) is -1.04. The molecule has 2 aliphatic rings. The number of amides is 4. The van der Waals surface area contributed by atoms with Crippen molar-refractivity contribution in [2.45, 2.75) is 24.9 Å². The van der Waals surface area contributed by atoms with Gasteiger partial charge in [-0.25, -0.2) is 13.2 Å². The average molecular weight is 431 g/mol. The van der Waals surface area contributed by atoms with Gasteiger partial charge < -0.3 is 14.6 Å². The van der Waals surface area contributed by atoms with Crippen molar-refractivity contribution in [3.8, 4) is 0 Å². The first-order chi connectivity index (χ1) is 14.2. The third-order valence-corrected chi connectivity index (χ3v) is 7.21. The van der Waals surface area contributed by atoms with Gasteiger partial charge in [0.15, 0.2) is 15.4 Å². The molecule has 1 N–H and O–H groups in total. The second-order valence-electron chi connectivity index (χ2n) is 7.58. The number of nitrogens with one attached hydrogen (secondary N) is 1. The highest BCUT2D eigenvalue weighted by Gasteiger charge is 2.52. The fraction of sp³-hybridized carbons (Fsp3) is 0.350. The maximum Gasteiger partial charge on any atom is 0.325 e. The van der Waals surface area contributed by atoms with E-state index >= 15 is 0 Å². The Balaban J connectivity index is 1.60. The highest BCUT2D eigenvalue weighted by molar-refractivity contribution is 7.91. The lowest BCUT2D eigenvalue weighted by molar-refractivity contribution is -0.134. The first-order valence-corrected chi connectivity index (χ1v) is 11.3. The minimum atomic E-state index is -3.25. The van der Waals surface area contributed by atoms with E-state index in [2.05, 4.69) is 5.32 Å². The van der Waals surface area contributed by atoms with E-state index in [1.807, 2.05) is 0 Å². The molecule has 4 rings (SSSR count). The molecule has 158 valence electrons. The van der Waals surface area contributed by atoms with Crippen LogP contribution in [0.4, 0.5) is 10.5 Å². The zero-order valence-electron chi connectivity index (χ0n) is 16.3. The van der Waals surface area contributed by atoms with Crippen LogP contribution in [0.25, 0.3) is 0 Å². The Hall–Kier alpha value is -3.14. The molecule has 1 aromatic heterocycles. The Morgan fingerprint density at radius 1 is 1.23 bits per heavy atom. The van der Waals surface area contributed by atoms with Gasteiger partial charge in [-0.2, -0.15) is 0 Å². The number of urea groups is 1. The number of benzene rings is 1. The van der Waals surface area contributed by atoms with Crippen LogP contribution in [0, 0.1) is 0 Å². The minimum Gasteiger partial charge on any atom is -0.466 e. The fourth-order valence-corrected chi connectivity index (χ4v) is 5.61. The molecule has 2 saturated heterocycles. The van der Waals surface area contributed by atoms with Gasteiger partial charge in [0.25, 0.3) is 5.91 Å². The van der Waals surface area contributed by atoms with E-state index in [-0.39, 0.29) is 17.3 Å². The number of carbonyl (C=O) groups excluding carboxylic acids is 3. The Kier molecular flexibility index (Phi) is 4.89. The van der Waals surface area contributed by atoms with Crippen molar-refractivity contribution in [3.63, 3.8) is 0 Å². The number of anilines is 1. The zero-order valence-corrected chi connectivity index (χ0v) is 17.1. The molecule has 0 bridgehead atoms. The molecule has 3 heterocycles. The lowest BCUT2D eigenvalue weighted by Gasteiger charge is -2.29. The number of para-hydroxylation sites is 1. The van der Waals surface area contributed by atoms with Gasteiger partial charge in [-0.05, 0) is 37.6 Å². The average Bonchev–Trinajstić information content (AvgIpc) is 3.40. The van der Waals surface area contributed by atoms with Crippen LogP contribution >= 0.6 is 0 Å². The third kappa shape index (κ3) is 3.47. The van der Waals surface area contributed by atoms with Gasteiger partial charge in [-0.15, -0.1) is 0 Å². The summed E-state index contributed by atoms with van der Waals surface area (Å²) in [4.78, 5) is 40.9. The Labute approximate surface area is 173 Å². The predicted molar refractivity (Wildman–Crippen MR) is 107 cm³/mol. The molecule has 0 saturated carbocycles. The monoisotopic (exact) mass is 431 g/mol. The molecule has 2 aliphatic heterocycles. The topological polar surface area (TPSA) is 117 Å². The molecule has 10 heteroatoms. The molecule has 30 heavy (non-hydrogen) atoms. The molecule has 1 aromatic carbocycles. The summed E-state index contributed by atoms with van der Waals surface area (Å²) >= 11 is 0. The fourth-order valence-electron chi connectivity index (χ4n) is 3.91. The molecule has 2 aromatic rings. The van der Waals surface area contributed by atoms with E-state index < -0.39 is 45.8 Å². The van der Waals surface area contributed by atoms with Crippen LogP contribution in [0.3, 0.4) is 0 Å². The number of sulfone groups is 1. The molecule has 4 amide bonds. The van der Waals surface area contributed by atoms with E-state index in [0.717, 1.165) is 4.90 Å². The van der Waals surface area contributed by atoms with Crippen LogP contribution in [-0.2, 0) is 25.0 Å². The number of imide groups is 1. The van der Waals surface area contributed by atoms with Crippen LogP contribution in [0.1, 0.15) is 19.1 Å². The van der Waals surface area contributed by atoms with E-state index in [1.54, 1.807) is 42.5 Å². The second-order valence-corrected chi connectivity index (χ2v) is 9.81. The molecular formula is C20H21N3O6S. The van der Waals surface area contributed by atoms with Gasteiger partial charge in [0, 0.05) is 5.69 Å². The summed E-state index contributed by atoms with van der Waals surface area (Å²) in [5, 5.41) is 2.58. The van der Waals surface area contributed by atoms with Crippen molar-refractivity contribution in [1.29, 1.82) is 0 Å². The van der Waals surface area contributed by atoms with Crippen LogP contribution < -0.4 is 10.2 Å². The molecular weight excluding hydrogens is 410 g/mol. The van der Waals surface area contributed by atoms with Crippen molar-refractivity contribution >= 4 is 33.4 Å². The van der Waals surface area contributed by atoms with Gasteiger partial charge in [-0.1, -0.05) is 18.2 Å². The van der Waals surface area contributed by atoms with Crippen molar-refractivity contribution in [1.82, 2.24) is 10.2 Å². The maximum atomic E-state index is 13.2. The van der Waals surface area contributed by atoms with Crippen LogP contribution in [0.15, 0.2) is 53.1 Å². The number of furan rings is 1. The highest BCUT2D eigenvalue weighted by atomic mass is 32.2. The number of nitrogens with zero attached hydrogens (tertiary/aromatic N) is 2. The van der Waals surface area contributed by atoms with Crippen molar-refractivity contribution in [2.24, 2.45) is 0 Å². The summed E-state index contributed by atoms with van der Waals surface area (Å²) in [6.45, 7) is 1.00. The smallest absolute Gasteiger partial charge is 0.325 e. The Morgan fingerprint density at radius 2 is 1.97 bits per heavy atom. The lowest BCUT2D eigenvalue weighted by atomic mass is 9.99. The van der Waals surface area contributed by atoms with Gasteiger partial charge in [-0.3, -0.25) is 14.5 Å². The van der Waals surface area contributed by atoms with Crippen molar-refractivity contribution in [3.05, 3.63) is 54.5 Å². The van der Waals surface area contributed by atoms with E-state index in [9.17, 15) is 22.8 Å².